The molecule has 0 atom stereocenters. The molecular formula is C23H25ClN2O2S. The Morgan fingerprint density at radius 2 is 1.69 bits per heavy atom. The maximum atomic E-state index is 13.5. The lowest BCUT2D eigenvalue weighted by atomic mass is 10.1. The summed E-state index contributed by atoms with van der Waals surface area (Å²) < 4.78 is 29.1. The summed E-state index contributed by atoms with van der Waals surface area (Å²) in [7, 11) is 0.332. The van der Waals surface area contributed by atoms with Gasteiger partial charge in [0, 0.05) is 29.0 Å². The minimum Gasteiger partial charge on any atom is -0.348 e. The van der Waals surface area contributed by atoms with E-state index >= 15 is 0 Å². The fourth-order valence-electron chi connectivity index (χ4n) is 3.92. The lowest BCUT2D eigenvalue weighted by molar-refractivity contribution is 0.597. The molecule has 1 heterocycles. The largest absolute Gasteiger partial charge is 0.348 e. The number of sulfone groups is 1. The van der Waals surface area contributed by atoms with Gasteiger partial charge in [0.1, 0.15) is 0 Å². The summed E-state index contributed by atoms with van der Waals surface area (Å²) in [5.41, 5.74) is 3.42. The zero-order valence-corrected chi connectivity index (χ0v) is 18.4. The highest BCUT2D eigenvalue weighted by atomic mass is 35.5. The van der Waals surface area contributed by atoms with Crippen molar-refractivity contribution in [1.29, 1.82) is 0 Å². The Balaban J connectivity index is 0.00000240. The zero-order valence-electron chi connectivity index (χ0n) is 16.8. The van der Waals surface area contributed by atoms with Crippen LogP contribution in [0.4, 0.5) is 0 Å². The number of aryl methyl sites for hydroxylation is 1. The first-order valence-electron chi connectivity index (χ1n) is 9.40. The molecule has 0 aliphatic heterocycles. The van der Waals surface area contributed by atoms with Crippen molar-refractivity contribution in [2.24, 2.45) is 7.05 Å². The monoisotopic (exact) mass is 428 g/mol. The predicted molar refractivity (Wildman–Crippen MR) is 122 cm³/mol. The first-order valence-corrected chi connectivity index (χ1v) is 10.9. The van der Waals surface area contributed by atoms with Crippen LogP contribution in [0.25, 0.3) is 21.7 Å². The second-order valence-electron chi connectivity index (χ2n) is 7.14. The molecule has 0 amide bonds. The molecule has 3 aromatic carbocycles. The molecule has 0 saturated heterocycles. The van der Waals surface area contributed by atoms with Gasteiger partial charge in [-0.2, -0.15) is 0 Å². The summed E-state index contributed by atoms with van der Waals surface area (Å²) in [5, 5.41) is 5.87. The predicted octanol–water partition coefficient (Wildman–Crippen LogP) is 4.66. The molecule has 152 valence electrons. The molecule has 0 spiro atoms. The minimum atomic E-state index is -3.62. The fourth-order valence-corrected chi connectivity index (χ4v) is 5.42. The summed E-state index contributed by atoms with van der Waals surface area (Å²) in [5.74, 6) is 0. The molecule has 0 aliphatic carbocycles. The van der Waals surface area contributed by atoms with Crippen LogP contribution in [-0.2, 0) is 23.3 Å². The molecule has 0 saturated carbocycles. The number of hydrogen-bond donors (Lipinski definition) is 1. The number of aromatic nitrogens is 1. The fraction of sp³-hybridized carbons (Fsp3) is 0.217. The highest BCUT2D eigenvalue weighted by Crippen LogP contribution is 2.32. The van der Waals surface area contributed by atoms with E-state index in [0.717, 1.165) is 34.6 Å². The standard InChI is InChI=1S/C23H24N2O2S.ClH/c1-16-19(13-14-24-2)21-15-18(11-12-22(21)25(16)3)28(26,27)23-10-6-8-17-7-4-5-9-20(17)23;/h4-12,15,24H,13-14H2,1-3H3;1H. The lowest BCUT2D eigenvalue weighted by Gasteiger charge is -2.09. The smallest absolute Gasteiger partial charge is 0.207 e. The molecule has 1 N–H and O–H groups in total. The SMILES string of the molecule is CNCCc1c(C)n(C)c2ccc(S(=O)(=O)c3cccc4ccccc34)cc12.Cl. The second-order valence-corrected chi connectivity index (χ2v) is 9.05. The van der Waals surface area contributed by atoms with Crippen molar-refractivity contribution in [3.05, 3.63) is 71.9 Å². The van der Waals surface area contributed by atoms with E-state index in [4.69, 9.17) is 0 Å². The molecular weight excluding hydrogens is 404 g/mol. The number of halogens is 1. The Kier molecular flexibility index (Phi) is 6.03. The van der Waals surface area contributed by atoms with Gasteiger partial charge in [0.2, 0.25) is 9.84 Å². The highest BCUT2D eigenvalue weighted by Gasteiger charge is 2.22. The van der Waals surface area contributed by atoms with Gasteiger partial charge in [-0.25, -0.2) is 8.42 Å². The number of likely N-dealkylation sites (N-methyl/N-ethyl adjacent to an activating group) is 1. The van der Waals surface area contributed by atoms with Crippen molar-refractivity contribution in [1.82, 2.24) is 9.88 Å². The molecule has 0 radical (unpaired) electrons. The minimum absolute atomic E-state index is 0. The Bertz CT molecular complexity index is 1290. The summed E-state index contributed by atoms with van der Waals surface area (Å²) in [6, 6.07) is 18.5. The molecule has 4 nitrogen and oxygen atoms in total. The summed E-state index contributed by atoms with van der Waals surface area (Å²) in [4.78, 5) is 0.696. The Labute approximate surface area is 177 Å². The number of hydrogen-bond acceptors (Lipinski definition) is 3. The van der Waals surface area contributed by atoms with Gasteiger partial charge in [0.05, 0.1) is 9.79 Å². The van der Waals surface area contributed by atoms with E-state index in [1.807, 2.05) is 56.6 Å². The molecule has 0 bridgehead atoms. The molecule has 0 unspecified atom stereocenters. The van der Waals surface area contributed by atoms with Crippen LogP contribution in [0, 0.1) is 6.92 Å². The summed E-state index contributed by atoms with van der Waals surface area (Å²) in [6.07, 6.45) is 0.859. The maximum Gasteiger partial charge on any atom is 0.207 e. The topological polar surface area (TPSA) is 51.1 Å². The van der Waals surface area contributed by atoms with Gasteiger partial charge in [-0.3, -0.25) is 0 Å². The number of fused-ring (bicyclic) bond motifs is 2. The van der Waals surface area contributed by atoms with Crippen molar-refractivity contribution in [3.8, 4) is 0 Å². The van der Waals surface area contributed by atoms with Crippen LogP contribution >= 0.6 is 12.4 Å². The molecule has 0 aliphatic rings. The summed E-state index contributed by atoms with van der Waals surface area (Å²) in [6.45, 7) is 2.93. The molecule has 6 heteroatoms. The van der Waals surface area contributed by atoms with Gasteiger partial charge in [-0.15, -0.1) is 12.4 Å². The lowest BCUT2D eigenvalue weighted by Crippen LogP contribution is -2.11. The second kappa shape index (κ2) is 8.19. The van der Waals surface area contributed by atoms with Crippen LogP contribution in [0.2, 0.25) is 0 Å². The number of rotatable bonds is 5. The van der Waals surface area contributed by atoms with Crippen molar-refractivity contribution in [2.75, 3.05) is 13.6 Å². The Morgan fingerprint density at radius 1 is 0.966 bits per heavy atom. The van der Waals surface area contributed by atoms with Gasteiger partial charge in [-0.1, -0.05) is 36.4 Å². The van der Waals surface area contributed by atoms with E-state index in [0.29, 0.717) is 9.79 Å². The summed E-state index contributed by atoms with van der Waals surface area (Å²) >= 11 is 0. The molecule has 1 aromatic heterocycles. The third kappa shape index (κ3) is 3.54. The molecule has 4 rings (SSSR count). The quantitative estimate of drug-likeness (QED) is 0.503. The average molecular weight is 429 g/mol. The zero-order chi connectivity index (χ0) is 19.9. The third-order valence-corrected chi connectivity index (χ3v) is 7.38. The van der Waals surface area contributed by atoms with Crippen LogP contribution in [-0.4, -0.2) is 26.6 Å². The van der Waals surface area contributed by atoms with Crippen LogP contribution in [0.5, 0.6) is 0 Å². The Morgan fingerprint density at radius 3 is 2.45 bits per heavy atom. The van der Waals surface area contributed by atoms with Crippen LogP contribution in [0.15, 0.2) is 70.5 Å². The van der Waals surface area contributed by atoms with Gasteiger partial charge in [0.15, 0.2) is 0 Å². The van der Waals surface area contributed by atoms with Crippen LogP contribution < -0.4 is 5.32 Å². The van der Waals surface area contributed by atoms with Crippen LogP contribution in [0.3, 0.4) is 0 Å². The van der Waals surface area contributed by atoms with Crippen LogP contribution in [0.1, 0.15) is 11.3 Å². The van der Waals surface area contributed by atoms with Gasteiger partial charge < -0.3 is 9.88 Å². The van der Waals surface area contributed by atoms with E-state index in [2.05, 4.69) is 16.8 Å². The van der Waals surface area contributed by atoms with Crippen molar-refractivity contribution >= 4 is 43.9 Å². The van der Waals surface area contributed by atoms with Gasteiger partial charge >= 0.3 is 0 Å². The maximum absolute atomic E-state index is 13.5. The van der Waals surface area contributed by atoms with E-state index in [1.165, 1.54) is 11.3 Å². The van der Waals surface area contributed by atoms with Crippen molar-refractivity contribution < 1.29 is 8.42 Å². The van der Waals surface area contributed by atoms with E-state index < -0.39 is 9.84 Å². The number of nitrogens with one attached hydrogen (secondary N) is 1. The molecule has 4 aromatic rings. The van der Waals surface area contributed by atoms with Gasteiger partial charge in [0.25, 0.3) is 0 Å². The highest BCUT2D eigenvalue weighted by molar-refractivity contribution is 7.91. The first-order chi connectivity index (χ1) is 13.4. The molecule has 0 fully saturated rings. The third-order valence-electron chi connectivity index (χ3n) is 5.57. The first kappa shape index (κ1) is 21.4. The number of nitrogens with zero attached hydrogens (tertiary/aromatic N) is 1. The number of benzene rings is 3. The van der Waals surface area contributed by atoms with Gasteiger partial charge in [-0.05, 0) is 62.2 Å². The Hall–Kier alpha value is -2.34. The van der Waals surface area contributed by atoms with Crippen molar-refractivity contribution in [2.45, 2.75) is 23.1 Å². The van der Waals surface area contributed by atoms with E-state index in [9.17, 15) is 8.42 Å². The van der Waals surface area contributed by atoms with Crippen molar-refractivity contribution in [3.63, 3.8) is 0 Å². The van der Waals surface area contributed by atoms with E-state index in [-0.39, 0.29) is 12.4 Å². The molecule has 29 heavy (non-hydrogen) atoms. The normalized spacial score (nSPS) is 11.7. The average Bonchev–Trinajstić information content (AvgIpc) is 2.95. The van der Waals surface area contributed by atoms with E-state index in [1.54, 1.807) is 18.2 Å².